The molecule has 0 unspecified atom stereocenters. The van der Waals surface area contributed by atoms with E-state index >= 15 is 0 Å². The average Bonchev–Trinajstić information content (AvgIpc) is 3.25. The highest BCUT2D eigenvalue weighted by atomic mass is 19.4. The maximum Gasteiger partial charge on any atom is 0.451 e. The molecule has 0 saturated carbocycles. The number of hydrogen-bond acceptors (Lipinski definition) is 7. The first-order valence-electron chi connectivity index (χ1n) is 6.58. The minimum Gasteiger partial charge on any atom is -0.461 e. The Morgan fingerprint density at radius 2 is 2.17 bits per heavy atom. The molecule has 0 aliphatic rings. The molecule has 3 aromatic rings. The number of alkyl halides is 3. The molecule has 0 aliphatic heterocycles. The number of nitrogens with zero attached hydrogens (tertiary/aromatic N) is 4. The number of halogens is 3. The van der Waals surface area contributed by atoms with E-state index < -0.39 is 23.9 Å². The molecule has 0 spiro atoms. The number of H-pyrrole nitrogens is 1. The average molecular weight is 342 g/mol. The fourth-order valence-corrected chi connectivity index (χ4v) is 1.71. The number of nitrogens with one attached hydrogen (secondary N) is 2. The second-order valence-corrected chi connectivity index (χ2v) is 4.54. The van der Waals surface area contributed by atoms with Gasteiger partial charge in [0.05, 0.1) is 6.26 Å². The first-order chi connectivity index (χ1) is 11.4. The Bertz CT molecular complexity index is 823. The van der Waals surface area contributed by atoms with Gasteiger partial charge in [0.1, 0.15) is 0 Å². The Kier molecular flexibility index (Phi) is 4.02. The number of carbonyl (C=O) groups excluding carboxylic acids is 1. The Morgan fingerprint density at radius 3 is 2.83 bits per heavy atom. The van der Waals surface area contributed by atoms with Crippen molar-refractivity contribution in [3.8, 4) is 11.6 Å². The maximum atomic E-state index is 12.3. The van der Waals surface area contributed by atoms with Crippen molar-refractivity contribution in [1.82, 2.24) is 25.3 Å². The fraction of sp³-hybridized carbons (Fsp3) is 0.250. The summed E-state index contributed by atoms with van der Waals surface area (Å²) in [5, 5.41) is 10.8. The van der Waals surface area contributed by atoms with Gasteiger partial charge in [-0.2, -0.15) is 23.1 Å². The topological polar surface area (TPSA) is 123 Å². The molecule has 0 radical (unpaired) electrons. The van der Waals surface area contributed by atoms with E-state index in [1.54, 1.807) is 17.2 Å². The molecule has 0 bridgehead atoms. The third-order valence-electron chi connectivity index (χ3n) is 2.78. The van der Waals surface area contributed by atoms with E-state index in [1.165, 1.54) is 6.26 Å². The van der Waals surface area contributed by atoms with Crippen LogP contribution in [0.3, 0.4) is 0 Å². The molecule has 9 nitrogen and oxygen atoms in total. The minimum absolute atomic E-state index is 0.0933. The maximum absolute atomic E-state index is 12.3. The SMILES string of the molecule is O=C(CCc1nc(-c2ccco2)no1)Nc1n[nH]c(C(F)(F)F)n1. The number of rotatable bonds is 5. The van der Waals surface area contributed by atoms with Crippen molar-refractivity contribution < 1.29 is 26.9 Å². The zero-order valence-corrected chi connectivity index (χ0v) is 11.8. The van der Waals surface area contributed by atoms with Crippen molar-refractivity contribution in [3.05, 3.63) is 30.1 Å². The first kappa shape index (κ1) is 15.7. The van der Waals surface area contributed by atoms with Gasteiger partial charge >= 0.3 is 6.18 Å². The number of aromatic nitrogens is 5. The fourth-order valence-electron chi connectivity index (χ4n) is 1.71. The van der Waals surface area contributed by atoms with Gasteiger partial charge in [-0.05, 0) is 12.1 Å². The standard InChI is InChI=1S/C12H9F3N6O3/c13-12(14,15)10-18-11(20-19-10)16-7(22)3-4-8-17-9(21-24-8)6-2-1-5-23-6/h1-2,5H,3-4H2,(H2,16,18,19,20,22). The van der Waals surface area contributed by atoms with Crippen LogP contribution >= 0.6 is 0 Å². The van der Waals surface area contributed by atoms with Crippen LogP contribution in [0.15, 0.2) is 27.3 Å². The quantitative estimate of drug-likeness (QED) is 0.727. The van der Waals surface area contributed by atoms with Gasteiger partial charge in [-0.1, -0.05) is 5.16 Å². The highest BCUT2D eigenvalue weighted by molar-refractivity contribution is 5.88. The monoisotopic (exact) mass is 342 g/mol. The summed E-state index contributed by atoms with van der Waals surface area (Å²) >= 11 is 0. The van der Waals surface area contributed by atoms with Gasteiger partial charge in [-0.25, -0.2) is 0 Å². The van der Waals surface area contributed by atoms with E-state index in [9.17, 15) is 18.0 Å². The number of carbonyl (C=O) groups is 1. The molecule has 24 heavy (non-hydrogen) atoms. The van der Waals surface area contributed by atoms with Gasteiger partial charge in [0, 0.05) is 12.8 Å². The van der Waals surface area contributed by atoms with Crippen molar-refractivity contribution in [2.45, 2.75) is 19.0 Å². The molecule has 0 atom stereocenters. The van der Waals surface area contributed by atoms with Crippen LogP contribution < -0.4 is 5.32 Å². The summed E-state index contributed by atoms with van der Waals surface area (Å²) in [7, 11) is 0. The van der Waals surface area contributed by atoms with Crippen molar-refractivity contribution in [3.63, 3.8) is 0 Å². The van der Waals surface area contributed by atoms with E-state index in [4.69, 9.17) is 8.94 Å². The van der Waals surface area contributed by atoms with Gasteiger partial charge in [0.15, 0.2) is 5.76 Å². The molecular weight excluding hydrogens is 333 g/mol. The lowest BCUT2D eigenvalue weighted by Gasteiger charge is -1.99. The van der Waals surface area contributed by atoms with Crippen LogP contribution in [-0.4, -0.2) is 31.2 Å². The lowest BCUT2D eigenvalue weighted by molar-refractivity contribution is -0.144. The van der Waals surface area contributed by atoms with Gasteiger partial charge in [0.25, 0.3) is 0 Å². The largest absolute Gasteiger partial charge is 0.461 e. The third-order valence-corrected chi connectivity index (χ3v) is 2.78. The Labute approximate surface area is 131 Å². The zero-order valence-electron chi connectivity index (χ0n) is 11.8. The van der Waals surface area contributed by atoms with Crippen molar-refractivity contribution >= 4 is 11.9 Å². The summed E-state index contributed by atoms with van der Waals surface area (Å²) in [6.07, 6.45) is -3.22. The number of aryl methyl sites for hydroxylation is 1. The highest BCUT2D eigenvalue weighted by Crippen LogP contribution is 2.26. The Hall–Kier alpha value is -3.18. The molecular formula is C12H9F3N6O3. The van der Waals surface area contributed by atoms with E-state index in [0.717, 1.165) is 0 Å². The molecule has 3 heterocycles. The second-order valence-electron chi connectivity index (χ2n) is 4.54. The van der Waals surface area contributed by atoms with E-state index in [1.807, 2.05) is 0 Å². The van der Waals surface area contributed by atoms with Crippen molar-refractivity contribution in [2.24, 2.45) is 0 Å². The van der Waals surface area contributed by atoms with Crippen LogP contribution in [0.4, 0.5) is 19.1 Å². The number of anilines is 1. The number of hydrogen-bond donors (Lipinski definition) is 2. The number of furan rings is 1. The molecule has 1 amide bonds. The van der Waals surface area contributed by atoms with Crippen molar-refractivity contribution in [2.75, 3.05) is 5.32 Å². The number of aromatic amines is 1. The summed E-state index contributed by atoms with van der Waals surface area (Å²) in [4.78, 5) is 18.8. The summed E-state index contributed by atoms with van der Waals surface area (Å²) in [5.74, 6) is -1.52. The highest BCUT2D eigenvalue weighted by Gasteiger charge is 2.35. The smallest absolute Gasteiger partial charge is 0.451 e. The van der Waals surface area contributed by atoms with Crippen LogP contribution in [0.25, 0.3) is 11.6 Å². The summed E-state index contributed by atoms with van der Waals surface area (Å²) < 4.78 is 47.1. The van der Waals surface area contributed by atoms with Gasteiger partial charge < -0.3 is 8.94 Å². The van der Waals surface area contributed by atoms with Crippen LogP contribution in [0.1, 0.15) is 18.1 Å². The first-order valence-corrected chi connectivity index (χ1v) is 6.58. The third kappa shape index (κ3) is 3.59. The second kappa shape index (κ2) is 6.14. The van der Waals surface area contributed by atoms with Crippen LogP contribution in [0.5, 0.6) is 0 Å². The van der Waals surface area contributed by atoms with E-state index in [-0.39, 0.29) is 24.6 Å². The Balaban J connectivity index is 1.53. The van der Waals surface area contributed by atoms with Crippen molar-refractivity contribution in [1.29, 1.82) is 0 Å². The van der Waals surface area contributed by atoms with Gasteiger partial charge in [-0.3, -0.25) is 15.2 Å². The molecule has 126 valence electrons. The summed E-state index contributed by atoms with van der Waals surface area (Å²) in [6, 6.07) is 3.30. The lowest BCUT2D eigenvalue weighted by atomic mass is 10.3. The summed E-state index contributed by atoms with van der Waals surface area (Å²) in [5.41, 5.74) is 0. The Morgan fingerprint density at radius 1 is 1.33 bits per heavy atom. The van der Waals surface area contributed by atoms with E-state index in [0.29, 0.717) is 5.76 Å². The predicted octanol–water partition coefficient (Wildman–Crippen LogP) is 2.04. The molecule has 12 heteroatoms. The zero-order chi connectivity index (χ0) is 17.2. The molecule has 3 aromatic heterocycles. The van der Waals surface area contributed by atoms with Gasteiger partial charge in [-0.15, -0.1) is 5.10 Å². The van der Waals surface area contributed by atoms with Crippen LogP contribution in [0.2, 0.25) is 0 Å². The minimum atomic E-state index is -4.66. The predicted molar refractivity (Wildman–Crippen MR) is 70.3 cm³/mol. The molecule has 0 fully saturated rings. The number of amides is 1. The van der Waals surface area contributed by atoms with Crippen LogP contribution in [0, 0.1) is 0 Å². The molecule has 2 N–H and O–H groups in total. The molecule has 0 aromatic carbocycles. The molecule has 0 saturated heterocycles. The van der Waals surface area contributed by atoms with Gasteiger partial charge in [0.2, 0.25) is 29.4 Å². The normalized spacial score (nSPS) is 11.6. The van der Waals surface area contributed by atoms with Crippen LogP contribution in [-0.2, 0) is 17.4 Å². The molecule has 0 aliphatic carbocycles. The lowest BCUT2D eigenvalue weighted by Crippen LogP contribution is -2.14. The van der Waals surface area contributed by atoms with E-state index in [2.05, 4.69) is 25.5 Å². The summed E-state index contributed by atoms with van der Waals surface area (Å²) in [6.45, 7) is 0. The molecule has 3 rings (SSSR count).